The molecular weight excluding hydrogens is 294 g/mol. The van der Waals surface area contributed by atoms with Crippen LogP contribution in [-0.2, 0) is 4.79 Å². The molecule has 0 saturated heterocycles. The van der Waals surface area contributed by atoms with Gasteiger partial charge in [0, 0.05) is 18.5 Å². The summed E-state index contributed by atoms with van der Waals surface area (Å²) in [6, 6.07) is 20.0. The van der Waals surface area contributed by atoms with E-state index < -0.39 is 0 Å². The summed E-state index contributed by atoms with van der Waals surface area (Å²) in [5, 5.41) is 0. The topological polar surface area (TPSA) is 20.3 Å². The number of carbonyl (C=O) groups excluding carboxylic acids is 1. The van der Waals surface area contributed by atoms with Crippen molar-refractivity contribution in [1.29, 1.82) is 0 Å². The van der Waals surface area contributed by atoms with Crippen LogP contribution in [0.15, 0.2) is 60.7 Å². The van der Waals surface area contributed by atoms with Crippen LogP contribution in [-0.4, -0.2) is 5.91 Å². The van der Waals surface area contributed by atoms with Crippen LogP contribution >= 0.6 is 0 Å². The quantitative estimate of drug-likeness (QED) is 0.629. The molecule has 0 heterocycles. The highest BCUT2D eigenvalue weighted by molar-refractivity contribution is 5.94. The van der Waals surface area contributed by atoms with Gasteiger partial charge in [0.1, 0.15) is 0 Å². The van der Waals surface area contributed by atoms with Crippen LogP contribution in [0.2, 0.25) is 0 Å². The normalized spacial score (nSPS) is 11.2. The highest BCUT2D eigenvalue weighted by atomic mass is 16.2. The van der Waals surface area contributed by atoms with Crippen molar-refractivity contribution in [2.45, 2.75) is 45.6 Å². The fraction of sp³-hybridized carbons (Fsp3) is 0.318. The zero-order valence-corrected chi connectivity index (χ0v) is 14.5. The van der Waals surface area contributed by atoms with E-state index in [0.29, 0.717) is 12.8 Å². The molecule has 1 atom stereocenters. The van der Waals surface area contributed by atoms with Gasteiger partial charge in [-0.15, -0.1) is 11.8 Å². The molecule has 0 radical (unpaired) electrons. The molecule has 0 aliphatic carbocycles. The number of unbranched alkanes of at least 4 members (excludes halogenated alkanes) is 1. The van der Waals surface area contributed by atoms with E-state index in [1.54, 1.807) is 0 Å². The predicted molar refractivity (Wildman–Crippen MR) is 101 cm³/mol. The molecule has 2 aromatic rings. The number of amides is 1. The number of para-hydroxylation sites is 1. The summed E-state index contributed by atoms with van der Waals surface area (Å²) < 4.78 is 0. The average molecular weight is 319 g/mol. The highest BCUT2D eigenvalue weighted by Crippen LogP contribution is 2.30. The number of rotatable bonds is 7. The maximum atomic E-state index is 13.0. The van der Waals surface area contributed by atoms with Gasteiger partial charge in [-0.3, -0.25) is 4.79 Å². The zero-order valence-electron chi connectivity index (χ0n) is 14.5. The van der Waals surface area contributed by atoms with Crippen LogP contribution in [0.5, 0.6) is 0 Å². The van der Waals surface area contributed by atoms with Gasteiger partial charge in [-0.05, 0) is 31.0 Å². The number of carbonyl (C=O) groups is 1. The lowest BCUT2D eigenvalue weighted by atomic mass is 10.00. The number of nitrogens with zero attached hydrogens (tertiary/aromatic N) is 1. The standard InChI is InChI=1S/C22H25NO/c1-3-5-17-21(19-13-9-7-10-14-19)23(22(24)18-6-4-2)20-15-11-8-12-16-20/h7-16,21H,4,6,17-18H2,1-2H3. The van der Waals surface area contributed by atoms with Gasteiger partial charge in [0.05, 0.1) is 6.04 Å². The lowest BCUT2D eigenvalue weighted by Gasteiger charge is -2.31. The lowest BCUT2D eigenvalue weighted by Crippen LogP contribution is -2.34. The molecule has 0 saturated carbocycles. The van der Waals surface area contributed by atoms with E-state index in [1.165, 1.54) is 0 Å². The highest BCUT2D eigenvalue weighted by Gasteiger charge is 2.25. The minimum atomic E-state index is -0.0644. The third kappa shape index (κ3) is 4.73. The van der Waals surface area contributed by atoms with E-state index in [9.17, 15) is 4.79 Å². The van der Waals surface area contributed by atoms with Gasteiger partial charge < -0.3 is 4.90 Å². The van der Waals surface area contributed by atoms with E-state index >= 15 is 0 Å². The Hall–Kier alpha value is -2.53. The molecule has 0 bridgehead atoms. The second-order valence-electron chi connectivity index (χ2n) is 5.76. The Morgan fingerprint density at radius 2 is 1.67 bits per heavy atom. The zero-order chi connectivity index (χ0) is 17.2. The molecule has 0 N–H and O–H groups in total. The van der Waals surface area contributed by atoms with Crippen LogP contribution < -0.4 is 4.90 Å². The molecule has 24 heavy (non-hydrogen) atoms. The molecule has 0 aliphatic heterocycles. The molecule has 124 valence electrons. The third-order valence-corrected chi connectivity index (χ3v) is 4.02. The summed E-state index contributed by atoms with van der Waals surface area (Å²) in [7, 11) is 0. The second kappa shape index (κ2) is 9.57. The van der Waals surface area contributed by atoms with Crippen LogP contribution in [0.1, 0.15) is 51.1 Å². The maximum absolute atomic E-state index is 13.0. The van der Waals surface area contributed by atoms with E-state index in [2.05, 4.69) is 30.9 Å². The van der Waals surface area contributed by atoms with Gasteiger partial charge in [0.25, 0.3) is 0 Å². The van der Waals surface area contributed by atoms with Gasteiger partial charge >= 0.3 is 0 Å². The third-order valence-electron chi connectivity index (χ3n) is 4.02. The number of hydrogen-bond donors (Lipinski definition) is 0. The van der Waals surface area contributed by atoms with Crippen LogP contribution in [0, 0.1) is 11.8 Å². The SMILES string of the molecule is CC#CCC(c1ccccc1)N(C(=O)CCCC)c1ccccc1. The molecule has 0 spiro atoms. The molecule has 2 heteroatoms. The molecule has 1 unspecified atom stereocenters. The van der Waals surface area contributed by atoms with Gasteiger partial charge in [0.2, 0.25) is 5.91 Å². The van der Waals surface area contributed by atoms with Crippen LogP contribution in [0.4, 0.5) is 5.69 Å². The van der Waals surface area contributed by atoms with Crippen molar-refractivity contribution in [2.24, 2.45) is 0 Å². The molecular formula is C22H25NO. The molecule has 0 aromatic heterocycles. The van der Waals surface area contributed by atoms with Crippen molar-refractivity contribution < 1.29 is 4.79 Å². The van der Waals surface area contributed by atoms with Crippen molar-refractivity contribution >= 4 is 11.6 Å². The predicted octanol–water partition coefficient (Wildman–Crippen LogP) is 5.36. The number of benzene rings is 2. The van der Waals surface area contributed by atoms with Crippen LogP contribution in [0.25, 0.3) is 0 Å². The molecule has 2 rings (SSSR count). The smallest absolute Gasteiger partial charge is 0.227 e. The molecule has 2 nitrogen and oxygen atoms in total. The van der Waals surface area contributed by atoms with Crippen molar-refractivity contribution in [1.82, 2.24) is 0 Å². The Bertz CT molecular complexity index is 682. The fourth-order valence-electron chi connectivity index (χ4n) is 2.77. The second-order valence-corrected chi connectivity index (χ2v) is 5.76. The summed E-state index contributed by atoms with van der Waals surface area (Å²) >= 11 is 0. The summed E-state index contributed by atoms with van der Waals surface area (Å²) in [5.74, 6) is 6.29. The maximum Gasteiger partial charge on any atom is 0.227 e. The van der Waals surface area contributed by atoms with Crippen LogP contribution in [0.3, 0.4) is 0 Å². The van der Waals surface area contributed by atoms with Gasteiger partial charge in [0.15, 0.2) is 0 Å². The van der Waals surface area contributed by atoms with E-state index in [1.807, 2.05) is 60.4 Å². The summed E-state index contributed by atoms with van der Waals surface area (Å²) in [5.41, 5.74) is 2.05. The molecule has 0 aliphatic rings. The Morgan fingerprint density at radius 3 is 2.25 bits per heavy atom. The monoisotopic (exact) mass is 319 g/mol. The Morgan fingerprint density at radius 1 is 1.04 bits per heavy atom. The Kier molecular flexibility index (Phi) is 7.11. The minimum Gasteiger partial charge on any atom is -0.304 e. The summed E-state index contributed by atoms with van der Waals surface area (Å²) in [4.78, 5) is 14.9. The first-order valence-corrected chi connectivity index (χ1v) is 8.59. The lowest BCUT2D eigenvalue weighted by molar-refractivity contribution is -0.119. The first kappa shape index (κ1) is 17.8. The van der Waals surface area contributed by atoms with E-state index in [4.69, 9.17) is 0 Å². The number of anilines is 1. The molecule has 0 fully saturated rings. The minimum absolute atomic E-state index is 0.0644. The number of hydrogen-bond acceptors (Lipinski definition) is 1. The molecule has 1 amide bonds. The Balaban J connectivity index is 2.43. The Labute approximate surface area is 145 Å². The largest absolute Gasteiger partial charge is 0.304 e. The first-order chi connectivity index (χ1) is 11.8. The van der Waals surface area contributed by atoms with Crippen molar-refractivity contribution in [3.63, 3.8) is 0 Å². The first-order valence-electron chi connectivity index (χ1n) is 8.59. The molecule has 2 aromatic carbocycles. The summed E-state index contributed by atoms with van der Waals surface area (Å²) in [6.07, 6.45) is 3.11. The van der Waals surface area contributed by atoms with E-state index in [0.717, 1.165) is 24.1 Å². The van der Waals surface area contributed by atoms with Gasteiger partial charge in [-0.1, -0.05) is 61.9 Å². The van der Waals surface area contributed by atoms with Gasteiger partial charge in [-0.25, -0.2) is 0 Å². The van der Waals surface area contributed by atoms with Crippen molar-refractivity contribution in [2.75, 3.05) is 4.90 Å². The van der Waals surface area contributed by atoms with Gasteiger partial charge in [-0.2, -0.15) is 0 Å². The fourth-order valence-corrected chi connectivity index (χ4v) is 2.77. The van der Waals surface area contributed by atoms with E-state index in [-0.39, 0.29) is 11.9 Å². The average Bonchev–Trinajstić information content (AvgIpc) is 2.64. The van der Waals surface area contributed by atoms with Crippen molar-refractivity contribution in [3.05, 3.63) is 66.2 Å². The van der Waals surface area contributed by atoms with Crippen molar-refractivity contribution in [3.8, 4) is 11.8 Å². The summed E-state index contributed by atoms with van der Waals surface area (Å²) in [6.45, 7) is 3.95.